The molecule has 3 heterocycles. The van der Waals surface area contributed by atoms with Crippen molar-refractivity contribution in [3.63, 3.8) is 0 Å². The first-order valence-corrected chi connectivity index (χ1v) is 9.19. The fraction of sp³-hybridized carbons (Fsp3) is 0.318. The van der Waals surface area contributed by atoms with Crippen molar-refractivity contribution in [2.75, 3.05) is 19.7 Å². The average Bonchev–Trinajstić information content (AvgIpc) is 3.25. The molecule has 0 radical (unpaired) electrons. The second-order valence-electron chi connectivity index (χ2n) is 6.90. The first kappa shape index (κ1) is 17.0. The molecule has 4 rings (SSSR count). The van der Waals surface area contributed by atoms with E-state index in [1.54, 1.807) is 6.26 Å². The third-order valence-electron chi connectivity index (χ3n) is 5.21. The van der Waals surface area contributed by atoms with Crippen LogP contribution in [0.2, 0.25) is 0 Å². The summed E-state index contributed by atoms with van der Waals surface area (Å²) in [6.45, 7) is 3.32. The summed E-state index contributed by atoms with van der Waals surface area (Å²) < 4.78 is 11.5. The molecule has 0 bridgehead atoms. The molecule has 0 saturated carbocycles. The van der Waals surface area contributed by atoms with Crippen molar-refractivity contribution < 1.29 is 9.15 Å². The first-order valence-electron chi connectivity index (χ1n) is 9.19. The quantitative estimate of drug-likeness (QED) is 0.726. The second kappa shape index (κ2) is 7.85. The Kier molecular flexibility index (Phi) is 5.14. The molecule has 0 unspecified atom stereocenters. The summed E-state index contributed by atoms with van der Waals surface area (Å²) in [5, 5.41) is 3.46. The largest absolute Gasteiger partial charge is 0.464 e. The highest BCUT2D eigenvalue weighted by Gasteiger charge is 2.34. The molecule has 1 aliphatic rings. The van der Waals surface area contributed by atoms with Crippen LogP contribution >= 0.6 is 0 Å². The molecule has 1 aromatic carbocycles. The second-order valence-corrected chi connectivity index (χ2v) is 6.90. The molecule has 4 heteroatoms. The standard InChI is InChI=1S/C22H24N2O2/c1-2-5-19(6-3-1)22(10-12-23-13-11-22)17-25-16-20-9-8-18(15-24-20)21-7-4-14-26-21/h1-9,14-15,23H,10-13,16-17H2. The Morgan fingerprint density at radius 3 is 2.54 bits per heavy atom. The van der Waals surface area contributed by atoms with Gasteiger partial charge in [0.25, 0.3) is 0 Å². The molecule has 0 amide bonds. The van der Waals surface area contributed by atoms with E-state index < -0.39 is 0 Å². The highest BCUT2D eigenvalue weighted by Crippen LogP contribution is 2.34. The SMILES string of the molecule is c1ccc(C2(COCc3ccc(-c4ccco4)cn3)CCNCC2)cc1. The molecule has 1 aliphatic heterocycles. The van der Waals surface area contributed by atoms with Gasteiger partial charge in [-0.3, -0.25) is 4.98 Å². The topological polar surface area (TPSA) is 47.3 Å². The zero-order chi connectivity index (χ0) is 17.7. The molecular formula is C22H24N2O2. The molecule has 26 heavy (non-hydrogen) atoms. The number of aromatic nitrogens is 1. The Morgan fingerprint density at radius 2 is 1.85 bits per heavy atom. The van der Waals surface area contributed by atoms with Crippen molar-refractivity contribution in [3.8, 4) is 11.3 Å². The zero-order valence-electron chi connectivity index (χ0n) is 14.9. The predicted molar refractivity (Wildman–Crippen MR) is 102 cm³/mol. The molecule has 1 saturated heterocycles. The summed E-state index contributed by atoms with van der Waals surface area (Å²) in [6.07, 6.45) is 5.72. The van der Waals surface area contributed by atoms with Crippen molar-refractivity contribution in [2.45, 2.75) is 24.9 Å². The van der Waals surface area contributed by atoms with Crippen molar-refractivity contribution >= 4 is 0 Å². The Hall–Kier alpha value is -2.43. The third-order valence-corrected chi connectivity index (χ3v) is 5.21. The lowest BCUT2D eigenvalue weighted by Crippen LogP contribution is -2.43. The summed E-state index contributed by atoms with van der Waals surface area (Å²) in [5.74, 6) is 0.836. The maximum Gasteiger partial charge on any atom is 0.135 e. The van der Waals surface area contributed by atoms with E-state index in [-0.39, 0.29) is 5.41 Å². The van der Waals surface area contributed by atoms with Crippen molar-refractivity contribution in [1.29, 1.82) is 0 Å². The van der Waals surface area contributed by atoms with Crippen LogP contribution < -0.4 is 5.32 Å². The van der Waals surface area contributed by atoms with Gasteiger partial charge in [0.1, 0.15) is 5.76 Å². The lowest BCUT2D eigenvalue weighted by atomic mass is 9.74. The number of furan rings is 1. The van der Waals surface area contributed by atoms with Crippen molar-refractivity contribution in [3.05, 3.63) is 78.3 Å². The van der Waals surface area contributed by atoms with Crippen molar-refractivity contribution in [1.82, 2.24) is 10.3 Å². The summed E-state index contributed by atoms with van der Waals surface area (Å²) in [7, 11) is 0. The number of hydrogen-bond donors (Lipinski definition) is 1. The van der Waals surface area contributed by atoms with Crippen LogP contribution in [0.5, 0.6) is 0 Å². The van der Waals surface area contributed by atoms with Gasteiger partial charge in [0.15, 0.2) is 0 Å². The van der Waals surface area contributed by atoms with Crippen LogP contribution in [0.15, 0.2) is 71.5 Å². The number of ether oxygens (including phenoxy) is 1. The molecular weight excluding hydrogens is 324 g/mol. The van der Waals surface area contributed by atoms with Crippen LogP contribution in [-0.2, 0) is 16.8 Å². The molecule has 1 N–H and O–H groups in total. The number of rotatable bonds is 6. The average molecular weight is 348 g/mol. The number of hydrogen-bond acceptors (Lipinski definition) is 4. The predicted octanol–water partition coefficient (Wildman–Crippen LogP) is 4.18. The monoisotopic (exact) mass is 348 g/mol. The van der Waals surface area contributed by atoms with E-state index in [0.717, 1.165) is 49.6 Å². The number of piperidine rings is 1. The van der Waals surface area contributed by atoms with Gasteiger partial charge < -0.3 is 14.5 Å². The molecule has 0 aliphatic carbocycles. The van der Waals surface area contributed by atoms with Crippen LogP contribution in [-0.4, -0.2) is 24.7 Å². The summed E-state index contributed by atoms with van der Waals surface area (Å²) >= 11 is 0. The third kappa shape index (κ3) is 3.71. The molecule has 4 nitrogen and oxygen atoms in total. The fourth-order valence-electron chi connectivity index (χ4n) is 3.66. The van der Waals surface area contributed by atoms with Gasteiger partial charge in [-0.1, -0.05) is 30.3 Å². The van der Waals surface area contributed by atoms with Gasteiger partial charge in [-0.25, -0.2) is 0 Å². The van der Waals surface area contributed by atoms with E-state index in [2.05, 4.69) is 40.6 Å². The highest BCUT2D eigenvalue weighted by atomic mass is 16.5. The molecule has 1 fully saturated rings. The summed E-state index contributed by atoms with van der Waals surface area (Å²) in [5.41, 5.74) is 3.40. The van der Waals surface area contributed by atoms with Gasteiger partial charge in [-0.2, -0.15) is 0 Å². The first-order chi connectivity index (χ1) is 12.9. The van der Waals surface area contributed by atoms with E-state index >= 15 is 0 Å². The maximum absolute atomic E-state index is 6.13. The molecule has 2 aromatic heterocycles. The van der Waals surface area contributed by atoms with Gasteiger partial charge in [-0.15, -0.1) is 0 Å². The number of benzene rings is 1. The van der Waals surface area contributed by atoms with Gasteiger partial charge in [0, 0.05) is 17.2 Å². The Balaban J connectivity index is 1.40. The van der Waals surface area contributed by atoms with Gasteiger partial charge >= 0.3 is 0 Å². The minimum Gasteiger partial charge on any atom is -0.464 e. The Labute approximate surface area is 154 Å². The number of nitrogens with one attached hydrogen (secondary N) is 1. The van der Waals surface area contributed by atoms with E-state index in [1.165, 1.54) is 5.56 Å². The van der Waals surface area contributed by atoms with E-state index in [1.807, 2.05) is 30.5 Å². The molecule has 0 atom stereocenters. The van der Waals surface area contributed by atoms with Crippen LogP contribution in [0.25, 0.3) is 11.3 Å². The zero-order valence-corrected chi connectivity index (χ0v) is 14.9. The molecule has 0 spiro atoms. The van der Waals surface area contributed by atoms with Crippen molar-refractivity contribution in [2.24, 2.45) is 0 Å². The minimum absolute atomic E-state index is 0.0978. The van der Waals surface area contributed by atoms with Crippen LogP contribution in [0.4, 0.5) is 0 Å². The number of pyridine rings is 1. The lowest BCUT2D eigenvalue weighted by Gasteiger charge is -2.38. The molecule has 3 aromatic rings. The minimum atomic E-state index is 0.0978. The van der Waals surface area contributed by atoms with E-state index in [4.69, 9.17) is 9.15 Å². The Bertz CT molecular complexity index is 792. The fourth-order valence-corrected chi connectivity index (χ4v) is 3.66. The summed E-state index contributed by atoms with van der Waals surface area (Å²) in [6, 6.07) is 18.6. The number of nitrogens with zero attached hydrogens (tertiary/aromatic N) is 1. The highest BCUT2D eigenvalue weighted by molar-refractivity contribution is 5.55. The van der Waals surface area contributed by atoms with E-state index in [0.29, 0.717) is 6.61 Å². The van der Waals surface area contributed by atoms with Gasteiger partial charge in [-0.05, 0) is 55.8 Å². The molecule has 134 valence electrons. The lowest BCUT2D eigenvalue weighted by molar-refractivity contribution is 0.0548. The van der Waals surface area contributed by atoms with E-state index in [9.17, 15) is 0 Å². The Morgan fingerprint density at radius 1 is 1.00 bits per heavy atom. The van der Waals surface area contributed by atoms with Gasteiger partial charge in [0.05, 0.1) is 25.2 Å². The summed E-state index contributed by atoms with van der Waals surface area (Å²) in [4.78, 5) is 4.52. The van der Waals surface area contributed by atoms with Crippen LogP contribution in [0, 0.1) is 0 Å². The van der Waals surface area contributed by atoms with Crippen LogP contribution in [0.3, 0.4) is 0 Å². The normalized spacial score (nSPS) is 16.5. The smallest absolute Gasteiger partial charge is 0.135 e. The van der Waals surface area contributed by atoms with Gasteiger partial charge in [0.2, 0.25) is 0 Å². The van der Waals surface area contributed by atoms with Crippen LogP contribution in [0.1, 0.15) is 24.1 Å². The maximum atomic E-state index is 6.13.